The standard InChI is InChI=1S/C20H33NO3/c1-2-3-4-5-6-7-8-9-10-11-12-14-17-20(21(23)24)18-15-13-16-19-22/h9-10,12,14,18-19H,2-8,11,13,15-17H2,1H3/b10-9-,14-12-,20-18+. The van der Waals surface area contributed by atoms with Crippen molar-refractivity contribution in [2.75, 3.05) is 0 Å². The van der Waals surface area contributed by atoms with Gasteiger partial charge in [0.15, 0.2) is 0 Å². The zero-order chi connectivity index (χ0) is 17.9. The quantitative estimate of drug-likeness (QED) is 0.112. The van der Waals surface area contributed by atoms with Gasteiger partial charge >= 0.3 is 0 Å². The summed E-state index contributed by atoms with van der Waals surface area (Å²) in [4.78, 5) is 20.8. The molecule has 0 saturated heterocycles. The second kappa shape index (κ2) is 17.6. The van der Waals surface area contributed by atoms with Gasteiger partial charge in [-0.05, 0) is 38.2 Å². The Hall–Kier alpha value is -1.71. The highest BCUT2D eigenvalue weighted by molar-refractivity contribution is 5.49. The first-order valence-corrected chi connectivity index (χ1v) is 9.29. The van der Waals surface area contributed by atoms with Crippen molar-refractivity contribution in [2.24, 2.45) is 0 Å². The summed E-state index contributed by atoms with van der Waals surface area (Å²) in [6, 6.07) is 0. The minimum absolute atomic E-state index is 0.216. The van der Waals surface area contributed by atoms with Gasteiger partial charge in [-0.1, -0.05) is 63.3 Å². The predicted molar refractivity (Wildman–Crippen MR) is 100 cm³/mol. The van der Waals surface area contributed by atoms with Crippen LogP contribution in [0.3, 0.4) is 0 Å². The van der Waals surface area contributed by atoms with Crippen molar-refractivity contribution in [1.82, 2.24) is 0 Å². The molecule has 24 heavy (non-hydrogen) atoms. The highest BCUT2D eigenvalue weighted by Crippen LogP contribution is 2.09. The molecular weight excluding hydrogens is 302 g/mol. The largest absolute Gasteiger partial charge is 0.303 e. The first-order chi connectivity index (χ1) is 11.7. The van der Waals surface area contributed by atoms with Gasteiger partial charge < -0.3 is 4.79 Å². The molecule has 0 amide bonds. The Morgan fingerprint density at radius 2 is 1.58 bits per heavy atom. The van der Waals surface area contributed by atoms with Crippen LogP contribution < -0.4 is 0 Å². The summed E-state index contributed by atoms with van der Waals surface area (Å²) >= 11 is 0. The third-order valence-electron chi connectivity index (χ3n) is 3.80. The van der Waals surface area contributed by atoms with E-state index in [-0.39, 0.29) is 10.6 Å². The Morgan fingerprint density at radius 1 is 0.875 bits per heavy atom. The van der Waals surface area contributed by atoms with Crippen LogP contribution in [0.1, 0.15) is 84.0 Å². The fraction of sp³-hybridized carbons (Fsp3) is 0.650. The summed E-state index contributed by atoms with van der Waals surface area (Å²) in [6.07, 6.45) is 22.5. The van der Waals surface area contributed by atoms with Gasteiger partial charge in [-0.3, -0.25) is 10.1 Å². The highest BCUT2D eigenvalue weighted by atomic mass is 16.6. The molecule has 0 radical (unpaired) electrons. The molecule has 0 rings (SSSR count). The lowest BCUT2D eigenvalue weighted by Crippen LogP contribution is -1.97. The predicted octanol–water partition coefficient (Wildman–Crippen LogP) is 6.16. The molecule has 0 aromatic rings. The second-order valence-electron chi connectivity index (χ2n) is 5.99. The monoisotopic (exact) mass is 335 g/mol. The number of aldehydes is 1. The zero-order valence-electron chi connectivity index (χ0n) is 15.1. The SMILES string of the molecule is CCCCCCCC/C=C\C/C=C\C/C(=C\CCCC=O)[N+](=O)[O-]. The van der Waals surface area contributed by atoms with E-state index in [0.717, 1.165) is 19.1 Å². The summed E-state index contributed by atoms with van der Waals surface area (Å²) in [5.74, 6) is 0. The van der Waals surface area contributed by atoms with Crippen LogP contribution in [0.15, 0.2) is 36.1 Å². The molecule has 136 valence electrons. The van der Waals surface area contributed by atoms with Gasteiger partial charge in [-0.15, -0.1) is 0 Å². The van der Waals surface area contributed by atoms with Crippen LogP contribution in [0.2, 0.25) is 0 Å². The number of hydrogen-bond donors (Lipinski definition) is 0. The third kappa shape index (κ3) is 15.2. The minimum Gasteiger partial charge on any atom is -0.303 e. The minimum atomic E-state index is -0.334. The smallest absolute Gasteiger partial charge is 0.246 e. The molecule has 0 atom stereocenters. The molecule has 0 aromatic heterocycles. The number of carbonyl (C=O) groups is 1. The molecule has 0 unspecified atom stereocenters. The highest BCUT2D eigenvalue weighted by Gasteiger charge is 2.06. The topological polar surface area (TPSA) is 60.2 Å². The first kappa shape index (κ1) is 22.3. The Kier molecular flexibility index (Phi) is 16.4. The van der Waals surface area contributed by atoms with Gasteiger partial charge in [0, 0.05) is 6.42 Å². The lowest BCUT2D eigenvalue weighted by molar-refractivity contribution is -0.427. The zero-order valence-corrected chi connectivity index (χ0v) is 15.1. The average Bonchev–Trinajstić information content (AvgIpc) is 2.57. The molecule has 0 N–H and O–H groups in total. The van der Waals surface area contributed by atoms with Crippen LogP contribution >= 0.6 is 0 Å². The van der Waals surface area contributed by atoms with E-state index in [2.05, 4.69) is 19.1 Å². The molecule has 0 spiro atoms. The van der Waals surface area contributed by atoms with Crippen molar-refractivity contribution in [3.63, 3.8) is 0 Å². The third-order valence-corrected chi connectivity index (χ3v) is 3.80. The molecule has 0 heterocycles. The van der Waals surface area contributed by atoms with Gasteiger partial charge in [0.2, 0.25) is 5.70 Å². The summed E-state index contributed by atoms with van der Waals surface area (Å²) < 4.78 is 0. The number of rotatable bonds is 16. The Bertz CT molecular complexity index is 411. The van der Waals surface area contributed by atoms with Crippen LogP contribution in [0.25, 0.3) is 0 Å². The maximum Gasteiger partial charge on any atom is 0.246 e. The van der Waals surface area contributed by atoms with Crippen LogP contribution in [-0.2, 0) is 4.79 Å². The number of carbonyl (C=O) groups excluding carboxylic acids is 1. The van der Waals surface area contributed by atoms with E-state index in [0.29, 0.717) is 25.7 Å². The fourth-order valence-electron chi connectivity index (χ4n) is 2.34. The van der Waals surface area contributed by atoms with Crippen molar-refractivity contribution in [3.05, 3.63) is 46.2 Å². The number of nitrogens with zero attached hydrogens (tertiary/aromatic N) is 1. The summed E-state index contributed by atoms with van der Waals surface area (Å²) in [6.45, 7) is 2.23. The van der Waals surface area contributed by atoms with Crippen molar-refractivity contribution >= 4 is 6.29 Å². The fourth-order valence-corrected chi connectivity index (χ4v) is 2.34. The molecule has 0 aliphatic rings. The van der Waals surface area contributed by atoms with Crippen molar-refractivity contribution in [2.45, 2.75) is 84.0 Å². The summed E-state index contributed by atoms with van der Waals surface area (Å²) in [5, 5.41) is 10.9. The molecular formula is C20H33NO3. The van der Waals surface area contributed by atoms with Crippen LogP contribution in [-0.4, -0.2) is 11.2 Å². The maximum absolute atomic E-state index is 10.9. The normalized spacial score (nSPS) is 12.3. The molecule has 4 nitrogen and oxygen atoms in total. The van der Waals surface area contributed by atoms with E-state index < -0.39 is 0 Å². The first-order valence-electron chi connectivity index (χ1n) is 9.29. The average molecular weight is 335 g/mol. The van der Waals surface area contributed by atoms with Crippen molar-refractivity contribution in [1.29, 1.82) is 0 Å². The van der Waals surface area contributed by atoms with E-state index in [1.165, 1.54) is 38.5 Å². The van der Waals surface area contributed by atoms with E-state index >= 15 is 0 Å². The Morgan fingerprint density at radius 3 is 2.29 bits per heavy atom. The van der Waals surface area contributed by atoms with Crippen molar-refractivity contribution in [3.8, 4) is 0 Å². The Balaban J connectivity index is 3.78. The van der Waals surface area contributed by atoms with Crippen LogP contribution in [0, 0.1) is 10.1 Å². The lowest BCUT2D eigenvalue weighted by atomic mass is 10.1. The summed E-state index contributed by atoms with van der Waals surface area (Å²) in [5.41, 5.74) is 0.216. The van der Waals surface area contributed by atoms with E-state index in [9.17, 15) is 14.9 Å². The van der Waals surface area contributed by atoms with Gasteiger partial charge in [0.25, 0.3) is 0 Å². The number of nitro groups is 1. The Labute approximate surface area is 146 Å². The number of allylic oxidation sites excluding steroid dienone is 5. The van der Waals surface area contributed by atoms with Crippen molar-refractivity contribution < 1.29 is 9.72 Å². The van der Waals surface area contributed by atoms with Crippen LogP contribution in [0.5, 0.6) is 0 Å². The maximum atomic E-state index is 10.9. The van der Waals surface area contributed by atoms with Crippen LogP contribution in [0.4, 0.5) is 0 Å². The number of hydrogen-bond acceptors (Lipinski definition) is 3. The van der Waals surface area contributed by atoms with Gasteiger partial charge in [-0.2, -0.15) is 0 Å². The molecule has 4 heteroatoms. The molecule has 0 aliphatic heterocycles. The van der Waals surface area contributed by atoms with E-state index in [1.807, 2.05) is 12.2 Å². The second-order valence-corrected chi connectivity index (χ2v) is 5.99. The summed E-state index contributed by atoms with van der Waals surface area (Å²) in [7, 11) is 0. The van der Waals surface area contributed by atoms with E-state index in [4.69, 9.17) is 0 Å². The molecule has 0 aliphatic carbocycles. The molecule has 0 aromatic carbocycles. The lowest BCUT2D eigenvalue weighted by Gasteiger charge is -1.97. The molecule has 0 fully saturated rings. The molecule has 0 saturated carbocycles. The number of unbranched alkanes of at least 4 members (excludes halogenated alkanes) is 8. The van der Waals surface area contributed by atoms with Gasteiger partial charge in [0.05, 0.1) is 11.3 Å². The molecule has 0 bridgehead atoms. The van der Waals surface area contributed by atoms with Gasteiger partial charge in [-0.25, -0.2) is 0 Å². The van der Waals surface area contributed by atoms with E-state index in [1.54, 1.807) is 6.08 Å². The van der Waals surface area contributed by atoms with Gasteiger partial charge in [0.1, 0.15) is 6.29 Å².